The summed E-state index contributed by atoms with van der Waals surface area (Å²) in [6.45, 7) is 10.2. The van der Waals surface area contributed by atoms with Gasteiger partial charge in [0, 0.05) is 19.8 Å². The molecule has 0 amide bonds. The van der Waals surface area contributed by atoms with Crippen LogP contribution in [-0.2, 0) is 9.59 Å². The molecule has 0 aromatic rings. The van der Waals surface area contributed by atoms with Crippen LogP contribution in [0.25, 0.3) is 0 Å². The van der Waals surface area contributed by atoms with Gasteiger partial charge in [0.2, 0.25) is 0 Å². The zero-order valence-electron chi connectivity index (χ0n) is 16.3. The van der Waals surface area contributed by atoms with Crippen molar-refractivity contribution in [1.29, 1.82) is 0 Å². The molecule has 0 spiro atoms. The molecular weight excluding hydrogens is 427 g/mol. The molecule has 0 aliphatic heterocycles. The van der Waals surface area contributed by atoms with Gasteiger partial charge in [-0.3, -0.25) is 9.59 Å². The normalized spacial score (nSPS) is 9.60. The average Bonchev–Trinajstić information content (AvgIpc) is 2.51. The maximum atomic E-state index is 10.4. The number of hydrogen-bond acceptors (Lipinski definition) is 5. The van der Waals surface area contributed by atoms with Gasteiger partial charge >= 0.3 is 31.8 Å². The van der Waals surface area contributed by atoms with Gasteiger partial charge in [-0.05, 0) is 32.6 Å². The van der Waals surface area contributed by atoms with Gasteiger partial charge in [0.15, 0.2) is 0 Å². The number of ketones is 1. The van der Waals surface area contributed by atoms with Crippen LogP contribution < -0.4 is 0 Å². The van der Waals surface area contributed by atoms with Gasteiger partial charge in [-0.2, -0.15) is 0 Å². The second-order valence-electron chi connectivity index (χ2n) is 5.14. The SMILES string of the molecule is CCC(C(C)=O)C(=O)O.CCCCO.CCCCO.CCCCO.[InH3]. The number of aliphatic carboxylic acids is 1. The molecule has 6 nitrogen and oxygen atoms in total. The van der Waals surface area contributed by atoms with E-state index in [9.17, 15) is 9.59 Å². The summed E-state index contributed by atoms with van der Waals surface area (Å²) in [5.74, 6) is -2.10. The van der Waals surface area contributed by atoms with Crippen LogP contribution in [0.4, 0.5) is 0 Å². The standard InChI is InChI=1S/C6H10O3.3C4H10O.In.3H/c1-3-5(4(2)7)6(8)9;3*1-2-3-4-5;;;;/h5H,3H2,1-2H3,(H,8,9);3*5H,2-4H2,1H3;;;;. The molecule has 0 aliphatic carbocycles. The van der Waals surface area contributed by atoms with Crippen molar-refractivity contribution in [1.82, 2.24) is 0 Å². The summed E-state index contributed by atoms with van der Waals surface area (Å²) in [5, 5.41) is 32.5. The van der Waals surface area contributed by atoms with E-state index < -0.39 is 11.9 Å². The Labute approximate surface area is 172 Å². The molecule has 0 aromatic heterocycles. The molecule has 25 heavy (non-hydrogen) atoms. The molecular formula is C18H43InO6. The van der Waals surface area contributed by atoms with E-state index in [4.69, 9.17) is 20.4 Å². The van der Waals surface area contributed by atoms with E-state index in [0.717, 1.165) is 38.5 Å². The third-order valence-corrected chi connectivity index (χ3v) is 2.73. The van der Waals surface area contributed by atoms with Crippen molar-refractivity contribution in [2.75, 3.05) is 19.8 Å². The van der Waals surface area contributed by atoms with E-state index in [1.165, 1.54) is 6.92 Å². The Morgan fingerprint density at radius 3 is 1.04 bits per heavy atom. The summed E-state index contributed by atoms with van der Waals surface area (Å²) in [6, 6.07) is 0. The van der Waals surface area contributed by atoms with E-state index in [0.29, 0.717) is 26.2 Å². The Bertz CT molecular complexity index is 215. The van der Waals surface area contributed by atoms with E-state index >= 15 is 0 Å². The van der Waals surface area contributed by atoms with Crippen molar-refractivity contribution < 1.29 is 30.0 Å². The van der Waals surface area contributed by atoms with Gasteiger partial charge in [0.1, 0.15) is 11.7 Å². The fourth-order valence-electron chi connectivity index (χ4n) is 1.11. The van der Waals surface area contributed by atoms with Gasteiger partial charge in [-0.1, -0.05) is 47.0 Å². The Morgan fingerprint density at radius 1 is 0.760 bits per heavy atom. The number of Topliss-reactive ketones (excluding diaryl/α,β-unsaturated/α-hetero) is 1. The Kier molecular flexibility index (Phi) is 50.4. The first-order chi connectivity index (χ1) is 11.3. The van der Waals surface area contributed by atoms with E-state index in [-0.39, 0.29) is 31.6 Å². The molecule has 0 saturated carbocycles. The molecule has 0 saturated heterocycles. The van der Waals surface area contributed by atoms with Crippen LogP contribution in [0.1, 0.15) is 79.6 Å². The van der Waals surface area contributed by atoms with Crippen LogP contribution in [0.2, 0.25) is 0 Å². The van der Waals surface area contributed by atoms with Gasteiger partial charge in [0.25, 0.3) is 0 Å². The number of carbonyl (C=O) groups is 2. The number of unbranched alkanes of at least 4 members (excludes halogenated alkanes) is 3. The van der Waals surface area contributed by atoms with Crippen molar-refractivity contribution in [2.24, 2.45) is 5.92 Å². The minimum atomic E-state index is -1.02. The number of carboxylic acid groups (broad SMARTS) is 1. The first-order valence-electron chi connectivity index (χ1n) is 8.89. The summed E-state index contributed by atoms with van der Waals surface area (Å²) in [4.78, 5) is 20.6. The molecule has 0 rings (SSSR count). The molecule has 0 heterocycles. The second kappa shape index (κ2) is 35.1. The van der Waals surface area contributed by atoms with Crippen molar-refractivity contribution >= 4 is 37.6 Å². The first kappa shape index (κ1) is 35.9. The molecule has 1 atom stereocenters. The number of carbonyl (C=O) groups excluding carboxylic acids is 1. The van der Waals surface area contributed by atoms with Gasteiger partial charge in [0.05, 0.1) is 0 Å². The minimum absolute atomic E-state index is 0. The summed E-state index contributed by atoms with van der Waals surface area (Å²) in [5.41, 5.74) is 0. The zero-order valence-corrected chi connectivity index (χ0v) is 16.3. The van der Waals surface area contributed by atoms with Crippen LogP contribution in [0.3, 0.4) is 0 Å². The van der Waals surface area contributed by atoms with Crippen LogP contribution in [0.5, 0.6) is 0 Å². The molecule has 0 bridgehead atoms. The fraction of sp³-hybridized carbons (Fsp3) is 0.889. The molecule has 7 heteroatoms. The average molecular weight is 470 g/mol. The number of rotatable bonds is 9. The quantitative estimate of drug-likeness (QED) is 0.383. The number of hydrogen-bond donors (Lipinski definition) is 4. The van der Waals surface area contributed by atoms with Gasteiger partial charge in [-0.25, -0.2) is 0 Å². The third kappa shape index (κ3) is 45.3. The fourth-order valence-corrected chi connectivity index (χ4v) is 1.11. The van der Waals surface area contributed by atoms with E-state index in [2.05, 4.69) is 20.8 Å². The molecule has 0 aromatic carbocycles. The molecule has 0 fully saturated rings. The van der Waals surface area contributed by atoms with Crippen molar-refractivity contribution in [3.8, 4) is 0 Å². The Morgan fingerprint density at radius 2 is 1.04 bits per heavy atom. The maximum absolute atomic E-state index is 10.4. The number of aliphatic hydroxyl groups is 3. The first-order valence-corrected chi connectivity index (χ1v) is 8.89. The van der Waals surface area contributed by atoms with Gasteiger partial charge < -0.3 is 20.4 Å². The second-order valence-corrected chi connectivity index (χ2v) is 5.14. The Hall–Kier alpha value is -0.110. The molecule has 154 valence electrons. The summed E-state index contributed by atoms with van der Waals surface area (Å²) < 4.78 is 0. The summed E-state index contributed by atoms with van der Waals surface area (Å²) in [7, 11) is 0. The van der Waals surface area contributed by atoms with Crippen LogP contribution in [-0.4, -0.2) is 77.8 Å². The van der Waals surface area contributed by atoms with E-state index in [1.54, 1.807) is 6.92 Å². The predicted octanol–water partition coefficient (Wildman–Crippen LogP) is 1.84. The Balaban J connectivity index is -0.0000000733. The molecule has 1 unspecified atom stereocenters. The van der Waals surface area contributed by atoms with Crippen molar-refractivity contribution in [3.05, 3.63) is 0 Å². The topological polar surface area (TPSA) is 115 Å². The number of aliphatic hydroxyl groups excluding tert-OH is 3. The zero-order chi connectivity index (χ0) is 19.8. The predicted molar refractivity (Wildman–Crippen MR) is 108 cm³/mol. The number of carboxylic acids is 1. The van der Waals surface area contributed by atoms with Crippen LogP contribution >= 0.6 is 0 Å². The summed E-state index contributed by atoms with van der Waals surface area (Å²) in [6.07, 6.45) is 6.49. The molecule has 0 radical (unpaired) electrons. The van der Waals surface area contributed by atoms with Crippen molar-refractivity contribution in [2.45, 2.75) is 79.6 Å². The summed E-state index contributed by atoms with van der Waals surface area (Å²) >= 11 is 0. The van der Waals surface area contributed by atoms with Crippen LogP contribution in [0.15, 0.2) is 0 Å². The molecule has 0 aliphatic rings. The monoisotopic (exact) mass is 470 g/mol. The van der Waals surface area contributed by atoms with E-state index in [1.807, 2.05) is 0 Å². The van der Waals surface area contributed by atoms with Crippen molar-refractivity contribution in [3.63, 3.8) is 0 Å². The third-order valence-electron chi connectivity index (χ3n) is 2.73. The van der Waals surface area contributed by atoms with Gasteiger partial charge in [-0.15, -0.1) is 0 Å². The van der Waals surface area contributed by atoms with Crippen LogP contribution in [0, 0.1) is 5.92 Å². The molecule has 4 N–H and O–H groups in total.